The molecule has 0 bridgehead atoms. The van der Waals surface area contributed by atoms with Crippen molar-refractivity contribution in [2.45, 2.75) is 39.0 Å². The van der Waals surface area contributed by atoms with Crippen molar-refractivity contribution in [1.29, 1.82) is 0 Å². The lowest BCUT2D eigenvalue weighted by Gasteiger charge is -2.26. The number of carbonyl (C=O) groups is 1. The standard InChI is InChI=1S/C15H22N2O2.ClH/c1-2-11-5-6-13(18)12(9-11)17-14(19)15(10-16)7-3-4-8-15;/h5-6,9,18H,2-4,7-8,10,16H2,1H3,(H,17,19);1H. The fourth-order valence-corrected chi connectivity index (χ4v) is 2.73. The molecule has 0 radical (unpaired) electrons. The van der Waals surface area contributed by atoms with Crippen molar-refractivity contribution in [1.82, 2.24) is 0 Å². The number of halogens is 1. The van der Waals surface area contributed by atoms with Gasteiger partial charge >= 0.3 is 0 Å². The first kappa shape index (κ1) is 16.8. The van der Waals surface area contributed by atoms with E-state index in [4.69, 9.17) is 5.73 Å². The van der Waals surface area contributed by atoms with Crippen LogP contribution in [0, 0.1) is 5.41 Å². The molecule has 0 atom stereocenters. The van der Waals surface area contributed by atoms with E-state index in [9.17, 15) is 9.90 Å². The number of hydrogen-bond acceptors (Lipinski definition) is 3. The van der Waals surface area contributed by atoms with Crippen LogP contribution in [0.1, 0.15) is 38.2 Å². The van der Waals surface area contributed by atoms with Crippen LogP contribution in [0.3, 0.4) is 0 Å². The van der Waals surface area contributed by atoms with E-state index in [1.807, 2.05) is 19.1 Å². The molecule has 1 amide bonds. The Labute approximate surface area is 126 Å². The average molecular weight is 299 g/mol. The second kappa shape index (κ2) is 6.95. The minimum Gasteiger partial charge on any atom is -0.506 e. The van der Waals surface area contributed by atoms with E-state index in [2.05, 4.69) is 5.32 Å². The van der Waals surface area contributed by atoms with E-state index in [0.29, 0.717) is 12.2 Å². The number of aryl methyl sites for hydroxylation is 1. The van der Waals surface area contributed by atoms with E-state index in [1.54, 1.807) is 6.07 Å². The van der Waals surface area contributed by atoms with Crippen LogP contribution in [0.4, 0.5) is 5.69 Å². The fourth-order valence-electron chi connectivity index (χ4n) is 2.73. The van der Waals surface area contributed by atoms with Crippen LogP contribution in [0.5, 0.6) is 5.75 Å². The highest BCUT2D eigenvalue weighted by Gasteiger charge is 2.39. The Morgan fingerprint density at radius 3 is 2.60 bits per heavy atom. The number of phenols is 1. The Bertz CT molecular complexity index is 471. The highest BCUT2D eigenvalue weighted by atomic mass is 35.5. The summed E-state index contributed by atoms with van der Waals surface area (Å²) in [5.74, 6) is 0.0479. The molecule has 1 aromatic carbocycles. The van der Waals surface area contributed by atoms with Gasteiger partial charge in [0.25, 0.3) is 0 Å². The molecule has 0 spiro atoms. The monoisotopic (exact) mass is 298 g/mol. The first-order valence-corrected chi connectivity index (χ1v) is 6.95. The van der Waals surface area contributed by atoms with Crippen LogP contribution in [-0.2, 0) is 11.2 Å². The minimum atomic E-state index is -0.450. The normalized spacial score (nSPS) is 16.5. The molecule has 0 saturated heterocycles. The van der Waals surface area contributed by atoms with Crippen molar-refractivity contribution in [2.24, 2.45) is 11.1 Å². The number of phenolic OH excluding ortho intramolecular Hbond substituents is 1. The molecule has 1 saturated carbocycles. The molecule has 0 unspecified atom stereocenters. The van der Waals surface area contributed by atoms with E-state index in [1.165, 1.54) is 0 Å². The smallest absolute Gasteiger partial charge is 0.231 e. The van der Waals surface area contributed by atoms with Gasteiger partial charge in [0, 0.05) is 6.54 Å². The van der Waals surface area contributed by atoms with Gasteiger partial charge in [0.15, 0.2) is 0 Å². The second-order valence-corrected chi connectivity index (χ2v) is 5.35. The van der Waals surface area contributed by atoms with Crippen LogP contribution >= 0.6 is 12.4 Å². The number of nitrogens with two attached hydrogens (primary N) is 1. The SMILES string of the molecule is CCc1ccc(O)c(NC(=O)C2(CN)CCCC2)c1.Cl. The molecule has 4 N–H and O–H groups in total. The molecule has 1 aliphatic rings. The summed E-state index contributed by atoms with van der Waals surface area (Å²) in [6.07, 6.45) is 4.63. The molecule has 1 aliphatic carbocycles. The first-order chi connectivity index (χ1) is 9.11. The van der Waals surface area contributed by atoms with E-state index in [-0.39, 0.29) is 24.1 Å². The van der Waals surface area contributed by atoms with Gasteiger partial charge in [-0.2, -0.15) is 0 Å². The zero-order valence-corrected chi connectivity index (χ0v) is 12.6. The lowest BCUT2D eigenvalue weighted by Crippen LogP contribution is -2.40. The highest BCUT2D eigenvalue weighted by Crippen LogP contribution is 2.39. The second-order valence-electron chi connectivity index (χ2n) is 5.35. The van der Waals surface area contributed by atoms with Crippen molar-refractivity contribution in [2.75, 3.05) is 11.9 Å². The van der Waals surface area contributed by atoms with Gasteiger partial charge in [-0.25, -0.2) is 0 Å². The Morgan fingerprint density at radius 2 is 2.05 bits per heavy atom. The zero-order valence-electron chi connectivity index (χ0n) is 11.8. The molecule has 112 valence electrons. The number of amides is 1. The van der Waals surface area contributed by atoms with Crippen LogP contribution in [0.25, 0.3) is 0 Å². The summed E-state index contributed by atoms with van der Waals surface area (Å²) in [6, 6.07) is 5.31. The third kappa shape index (κ3) is 3.25. The minimum absolute atomic E-state index is 0. The quantitative estimate of drug-likeness (QED) is 0.748. The van der Waals surface area contributed by atoms with E-state index >= 15 is 0 Å². The van der Waals surface area contributed by atoms with Crippen molar-refractivity contribution < 1.29 is 9.90 Å². The van der Waals surface area contributed by atoms with Gasteiger partial charge in [-0.3, -0.25) is 4.79 Å². The Hall–Kier alpha value is -1.26. The van der Waals surface area contributed by atoms with Crippen molar-refractivity contribution >= 4 is 24.0 Å². The van der Waals surface area contributed by atoms with Gasteiger partial charge in [0.05, 0.1) is 11.1 Å². The van der Waals surface area contributed by atoms with E-state index in [0.717, 1.165) is 37.7 Å². The molecule has 1 aromatic rings. The molecule has 0 aromatic heterocycles. The summed E-state index contributed by atoms with van der Waals surface area (Å²) < 4.78 is 0. The molecule has 0 heterocycles. The maximum absolute atomic E-state index is 12.4. The maximum Gasteiger partial charge on any atom is 0.231 e. The molecule has 0 aliphatic heterocycles. The molecular weight excluding hydrogens is 276 g/mol. The molecule has 5 heteroatoms. The van der Waals surface area contributed by atoms with Crippen molar-refractivity contribution in [3.05, 3.63) is 23.8 Å². The van der Waals surface area contributed by atoms with Gasteiger partial charge in [0.2, 0.25) is 5.91 Å². The number of anilines is 1. The third-order valence-corrected chi connectivity index (χ3v) is 4.15. The molecular formula is C15H23ClN2O2. The summed E-state index contributed by atoms with van der Waals surface area (Å²) in [4.78, 5) is 12.4. The first-order valence-electron chi connectivity index (χ1n) is 6.95. The van der Waals surface area contributed by atoms with Crippen LogP contribution in [-0.4, -0.2) is 17.6 Å². The lowest BCUT2D eigenvalue weighted by atomic mass is 9.85. The summed E-state index contributed by atoms with van der Waals surface area (Å²) in [5.41, 5.74) is 6.92. The number of aromatic hydroxyl groups is 1. The summed E-state index contributed by atoms with van der Waals surface area (Å²) in [6.45, 7) is 2.41. The van der Waals surface area contributed by atoms with Crippen LogP contribution in [0.15, 0.2) is 18.2 Å². The summed E-state index contributed by atoms with van der Waals surface area (Å²) in [7, 11) is 0. The average Bonchev–Trinajstić information content (AvgIpc) is 2.91. The van der Waals surface area contributed by atoms with Crippen LogP contribution in [0.2, 0.25) is 0 Å². The predicted molar refractivity (Wildman–Crippen MR) is 83.3 cm³/mol. The number of carbonyl (C=O) groups excluding carboxylic acids is 1. The van der Waals surface area contributed by atoms with E-state index < -0.39 is 5.41 Å². The van der Waals surface area contributed by atoms with Gasteiger partial charge in [-0.1, -0.05) is 25.8 Å². The number of rotatable bonds is 4. The molecule has 2 rings (SSSR count). The number of hydrogen-bond donors (Lipinski definition) is 3. The van der Waals surface area contributed by atoms with Gasteiger partial charge in [-0.15, -0.1) is 12.4 Å². The predicted octanol–water partition coefficient (Wildman–Crippen LogP) is 2.83. The Morgan fingerprint density at radius 1 is 1.40 bits per heavy atom. The van der Waals surface area contributed by atoms with Crippen LogP contribution < -0.4 is 11.1 Å². The van der Waals surface area contributed by atoms with Crippen molar-refractivity contribution in [3.63, 3.8) is 0 Å². The lowest BCUT2D eigenvalue weighted by molar-refractivity contribution is -0.124. The summed E-state index contributed by atoms with van der Waals surface area (Å²) in [5, 5.41) is 12.7. The van der Waals surface area contributed by atoms with Gasteiger partial charge in [-0.05, 0) is 37.0 Å². The number of nitrogens with one attached hydrogen (secondary N) is 1. The Balaban J connectivity index is 0.00000200. The maximum atomic E-state index is 12.4. The van der Waals surface area contributed by atoms with Gasteiger partial charge < -0.3 is 16.2 Å². The molecule has 1 fully saturated rings. The summed E-state index contributed by atoms with van der Waals surface area (Å²) >= 11 is 0. The third-order valence-electron chi connectivity index (χ3n) is 4.15. The van der Waals surface area contributed by atoms with Gasteiger partial charge in [0.1, 0.15) is 5.75 Å². The molecule has 4 nitrogen and oxygen atoms in total. The Kier molecular flexibility index (Phi) is 5.84. The zero-order chi connectivity index (χ0) is 13.9. The molecule has 20 heavy (non-hydrogen) atoms. The number of benzene rings is 1. The largest absolute Gasteiger partial charge is 0.506 e. The topological polar surface area (TPSA) is 75.3 Å². The highest BCUT2D eigenvalue weighted by molar-refractivity contribution is 5.97. The van der Waals surface area contributed by atoms with Crippen molar-refractivity contribution in [3.8, 4) is 5.75 Å². The fraction of sp³-hybridized carbons (Fsp3) is 0.533.